The van der Waals surface area contributed by atoms with Gasteiger partial charge in [0.05, 0.1) is 32.8 Å². The Morgan fingerprint density at radius 3 is 1.87 bits per heavy atom. The van der Waals surface area contributed by atoms with Crippen LogP contribution in [0.5, 0.6) is 11.5 Å². The second-order valence-corrected chi connectivity index (χ2v) is 10.0. The normalized spacial score (nSPS) is 14.0. The molecule has 0 aromatic heterocycles. The van der Waals surface area contributed by atoms with E-state index in [0.717, 1.165) is 12.8 Å². The maximum atomic E-state index is 12.6. The summed E-state index contributed by atoms with van der Waals surface area (Å²) in [7, 11) is 1.20. The van der Waals surface area contributed by atoms with Gasteiger partial charge < -0.3 is 34.2 Å². The molecule has 1 rings (SSSR count). The number of carbonyl (C=O) groups excluding carboxylic acids is 4. The molecule has 0 spiro atoms. The van der Waals surface area contributed by atoms with Crippen molar-refractivity contribution in [3.63, 3.8) is 0 Å². The van der Waals surface area contributed by atoms with Crippen molar-refractivity contribution in [2.75, 3.05) is 26.9 Å². The van der Waals surface area contributed by atoms with Gasteiger partial charge in [0.15, 0.2) is 11.5 Å². The molecular weight excluding hydrogens is 510 g/mol. The molecule has 0 radical (unpaired) electrons. The molecule has 0 bridgehead atoms. The molecule has 39 heavy (non-hydrogen) atoms. The molecule has 2 unspecified atom stereocenters. The van der Waals surface area contributed by atoms with Crippen LogP contribution in [0.15, 0.2) is 18.2 Å². The maximum Gasteiger partial charge on any atom is 0.513 e. The Balaban J connectivity index is 3.17. The topological polar surface area (TPSA) is 150 Å². The van der Waals surface area contributed by atoms with Gasteiger partial charge in [-0.05, 0) is 29.5 Å². The first-order valence-corrected chi connectivity index (χ1v) is 13.2. The van der Waals surface area contributed by atoms with E-state index >= 15 is 0 Å². The monoisotopic (exact) mass is 553 g/mol. The summed E-state index contributed by atoms with van der Waals surface area (Å²) >= 11 is 0. The van der Waals surface area contributed by atoms with Crippen molar-refractivity contribution in [3.8, 4) is 11.5 Å². The van der Waals surface area contributed by atoms with Crippen molar-refractivity contribution in [1.82, 2.24) is 0 Å². The number of methoxy groups -OCH3 is 1. The number of benzene rings is 1. The van der Waals surface area contributed by atoms with Crippen molar-refractivity contribution in [2.24, 2.45) is 23.5 Å². The molecule has 11 nitrogen and oxygen atoms in total. The number of esters is 2. The average molecular weight is 554 g/mol. The fraction of sp³-hybridized carbons (Fsp3) is 0.643. The summed E-state index contributed by atoms with van der Waals surface area (Å²) in [5.74, 6) is -1.41. The fourth-order valence-electron chi connectivity index (χ4n) is 3.05. The Bertz CT molecular complexity index is 964. The van der Waals surface area contributed by atoms with Crippen molar-refractivity contribution in [2.45, 2.75) is 72.8 Å². The maximum absolute atomic E-state index is 12.6. The molecular formula is C28H43NO10. The predicted octanol–water partition coefficient (Wildman–Crippen LogP) is 4.81. The van der Waals surface area contributed by atoms with E-state index in [4.69, 9.17) is 34.2 Å². The molecule has 0 aliphatic carbocycles. The lowest BCUT2D eigenvalue weighted by atomic mass is 9.88. The molecule has 0 aliphatic rings. The van der Waals surface area contributed by atoms with E-state index in [1.165, 1.54) is 19.2 Å². The van der Waals surface area contributed by atoms with Gasteiger partial charge in [-0.25, -0.2) is 9.59 Å². The largest absolute Gasteiger partial charge is 0.513 e. The Morgan fingerprint density at radius 1 is 0.846 bits per heavy atom. The summed E-state index contributed by atoms with van der Waals surface area (Å²) in [6.45, 7) is 11.4. The first-order valence-electron chi connectivity index (χ1n) is 13.2. The molecule has 0 saturated carbocycles. The highest BCUT2D eigenvalue weighted by Gasteiger charge is 2.36. The molecule has 0 amide bonds. The van der Waals surface area contributed by atoms with Crippen molar-refractivity contribution in [3.05, 3.63) is 23.8 Å². The minimum Gasteiger partial charge on any atom is -0.468 e. The standard InChI is InChI=1S/C28H43NO10/c1-8-19(5)16-36-26(32)38-22-11-10-21(14-23(22)39-27(33)37-17-20(6)9-2)15-28(29,25(31)34-7)12-13-35-24(30)18(3)4/h10-11,14,18-20H,8-9,12-13,15-17,29H2,1-7H3/t19?,20?,28-/m1/s1. The Kier molecular flexibility index (Phi) is 14.3. The minimum absolute atomic E-state index is 0.0224. The van der Waals surface area contributed by atoms with E-state index in [9.17, 15) is 19.2 Å². The summed E-state index contributed by atoms with van der Waals surface area (Å²) < 4.78 is 31.0. The van der Waals surface area contributed by atoms with Crippen LogP contribution in [0.1, 0.15) is 66.4 Å². The van der Waals surface area contributed by atoms with Gasteiger partial charge in [-0.15, -0.1) is 0 Å². The summed E-state index contributed by atoms with van der Waals surface area (Å²) in [5.41, 5.74) is 5.29. The summed E-state index contributed by atoms with van der Waals surface area (Å²) in [4.78, 5) is 49.0. The smallest absolute Gasteiger partial charge is 0.468 e. The van der Waals surface area contributed by atoms with Gasteiger partial charge in [0.2, 0.25) is 0 Å². The molecule has 0 aliphatic heterocycles. The van der Waals surface area contributed by atoms with Crippen molar-refractivity contribution >= 4 is 24.2 Å². The van der Waals surface area contributed by atoms with E-state index < -0.39 is 29.8 Å². The highest BCUT2D eigenvalue weighted by molar-refractivity contribution is 5.81. The number of carbonyl (C=O) groups is 4. The van der Waals surface area contributed by atoms with Gasteiger partial charge in [0, 0.05) is 12.8 Å². The van der Waals surface area contributed by atoms with Crippen LogP contribution in [-0.2, 0) is 35.0 Å². The number of hydrogen-bond acceptors (Lipinski definition) is 11. The third-order valence-corrected chi connectivity index (χ3v) is 6.14. The second kappa shape index (κ2) is 16.6. The number of nitrogens with two attached hydrogens (primary N) is 1. The minimum atomic E-state index is -1.56. The zero-order valence-electron chi connectivity index (χ0n) is 24.1. The Morgan fingerprint density at radius 2 is 1.38 bits per heavy atom. The van der Waals surface area contributed by atoms with Gasteiger partial charge in [-0.2, -0.15) is 0 Å². The quantitative estimate of drug-likeness (QED) is 0.181. The van der Waals surface area contributed by atoms with Crippen molar-refractivity contribution < 1.29 is 47.6 Å². The first-order chi connectivity index (χ1) is 18.3. The van der Waals surface area contributed by atoms with Crippen LogP contribution in [0.3, 0.4) is 0 Å². The van der Waals surface area contributed by atoms with Crippen LogP contribution >= 0.6 is 0 Å². The lowest BCUT2D eigenvalue weighted by Gasteiger charge is -2.27. The zero-order chi connectivity index (χ0) is 29.6. The molecule has 0 saturated heterocycles. The molecule has 2 N–H and O–H groups in total. The molecule has 0 heterocycles. The van der Waals surface area contributed by atoms with E-state index in [0.29, 0.717) is 5.56 Å². The summed E-state index contributed by atoms with van der Waals surface area (Å²) in [5, 5.41) is 0. The fourth-order valence-corrected chi connectivity index (χ4v) is 3.05. The van der Waals surface area contributed by atoms with Crippen LogP contribution < -0.4 is 15.2 Å². The van der Waals surface area contributed by atoms with E-state index in [1.807, 2.05) is 27.7 Å². The molecule has 0 fully saturated rings. The van der Waals surface area contributed by atoms with E-state index in [-0.39, 0.29) is 61.9 Å². The summed E-state index contributed by atoms with van der Waals surface area (Å²) in [6, 6.07) is 4.36. The number of rotatable bonds is 15. The number of ether oxygens (including phenoxy) is 6. The Labute approximate surface area is 230 Å². The molecule has 3 atom stereocenters. The predicted molar refractivity (Wildman–Crippen MR) is 142 cm³/mol. The first kappa shape index (κ1) is 33.7. The highest BCUT2D eigenvalue weighted by Crippen LogP contribution is 2.31. The van der Waals surface area contributed by atoms with Crippen LogP contribution in [-0.4, -0.2) is 56.7 Å². The molecule has 1 aromatic rings. The molecule has 1 aromatic carbocycles. The van der Waals surface area contributed by atoms with Crippen LogP contribution in [0.25, 0.3) is 0 Å². The SMILES string of the molecule is CCC(C)COC(=O)Oc1ccc(C[C@](N)(CCOC(=O)C(C)C)C(=O)OC)cc1OC(=O)OCC(C)CC. The van der Waals surface area contributed by atoms with Crippen LogP contribution in [0.2, 0.25) is 0 Å². The zero-order valence-corrected chi connectivity index (χ0v) is 24.1. The van der Waals surface area contributed by atoms with Crippen molar-refractivity contribution in [1.29, 1.82) is 0 Å². The summed E-state index contributed by atoms with van der Waals surface area (Å²) in [6.07, 6.45) is -0.414. The molecule has 11 heteroatoms. The molecule has 220 valence electrons. The van der Waals surface area contributed by atoms with Gasteiger partial charge in [-0.3, -0.25) is 9.59 Å². The van der Waals surface area contributed by atoms with Gasteiger partial charge >= 0.3 is 24.2 Å². The van der Waals surface area contributed by atoms with Crippen LogP contribution in [0, 0.1) is 17.8 Å². The van der Waals surface area contributed by atoms with E-state index in [1.54, 1.807) is 19.9 Å². The van der Waals surface area contributed by atoms with E-state index in [2.05, 4.69) is 0 Å². The highest BCUT2D eigenvalue weighted by atomic mass is 16.7. The van der Waals surface area contributed by atoms with Gasteiger partial charge in [0.25, 0.3) is 0 Å². The Hall–Kier alpha value is -3.34. The lowest BCUT2D eigenvalue weighted by molar-refractivity contribution is -0.152. The average Bonchev–Trinajstić information content (AvgIpc) is 2.90. The van der Waals surface area contributed by atoms with Crippen LogP contribution in [0.4, 0.5) is 9.59 Å². The van der Waals surface area contributed by atoms with Gasteiger partial charge in [0.1, 0.15) is 5.54 Å². The third kappa shape index (κ3) is 11.9. The second-order valence-electron chi connectivity index (χ2n) is 10.0. The number of hydrogen-bond donors (Lipinski definition) is 1. The lowest BCUT2D eigenvalue weighted by Crippen LogP contribution is -2.51. The van der Waals surface area contributed by atoms with Gasteiger partial charge in [-0.1, -0.05) is 60.5 Å². The third-order valence-electron chi connectivity index (χ3n) is 6.14.